The molecule has 0 bridgehead atoms. The number of nitrogens with zero attached hydrogens (tertiary/aromatic N) is 2. The van der Waals surface area contributed by atoms with Gasteiger partial charge in [-0.05, 0) is 6.07 Å². The fraction of sp³-hybridized carbons (Fsp3) is 0. The molecule has 0 heterocycles. The number of nitrogens with one attached hydrogen (secondary N) is 1. The van der Waals surface area contributed by atoms with Crippen molar-refractivity contribution < 1.29 is 18.7 Å². The lowest BCUT2D eigenvalue weighted by atomic mass is 10.1. The highest BCUT2D eigenvalue weighted by Crippen LogP contribution is 2.20. The van der Waals surface area contributed by atoms with Gasteiger partial charge in [-0.1, -0.05) is 0 Å². The summed E-state index contributed by atoms with van der Waals surface area (Å²) in [7, 11) is 0. The number of aromatic carboxylic acids is 1. The van der Waals surface area contributed by atoms with Crippen LogP contribution in [0.25, 0.3) is 0 Å². The first-order valence-electron chi connectivity index (χ1n) is 4.48. The van der Waals surface area contributed by atoms with Gasteiger partial charge in [0.15, 0.2) is 11.6 Å². The van der Waals surface area contributed by atoms with Crippen molar-refractivity contribution in [1.29, 1.82) is 10.5 Å². The third-order valence-electron chi connectivity index (χ3n) is 1.90. The van der Waals surface area contributed by atoms with Gasteiger partial charge in [0.2, 0.25) is 0 Å². The van der Waals surface area contributed by atoms with E-state index in [4.69, 9.17) is 15.6 Å². The van der Waals surface area contributed by atoms with Gasteiger partial charge in [-0.25, -0.2) is 13.6 Å². The minimum Gasteiger partial charge on any atom is -0.478 e. The summed E-state index contributed by atoms with van der Waals surface area (Å²) in [5, 5.41) is 28.0. The molecule has 0 aliphatic carbocycles. The lowest BCUT2D eigenvalue weighted by Gasteiger charge is -2.06. The second-order valence-corrected chi connectivity index (χ2v) is 3.04. The van der Waals surface area contributed by atoms with Gasteiger partial charge in [-0.2, -0.15) is 10.5 Å². The normalized spacial score (nSPS) is 8.89. The summed E-state index contributed by atoms with van der Waals surface area (Å²) in [6.07, 6.45) is 0.902. The van der Waals surface area contributed by atoms with Crippen LogP contribution in [0.3, 0.4) is 0 Å². The molecule has 0 unspecified atom stereocenters. The summed E-state index contributed by atoms with van der Waals surface area (Å²) in [5.41, 5.74) is -1.11. The van der Waals surface area contributed by atoms with Crippen molar-refractivity contribution in [3.63, 3.8) is 0 Å². The fourth-order valence-corrected chi connectivity index (χ4v) is 1.08. The second-order valence-electron chi connectivity index (χ2n) is 3.04. The molecule has 5 nitrogen and oxygen atoms in total. The molecule has 2 N–H and O–H groups in total. The third kappa shape index (κ3) is 2.80. The highest BCUT2D eigenvalue weighted by atomic mass is 19.2. The molecule has 1 rings (SSSR count). The molecule has 0 aliphatic heterocycles. The van der Waals surface area contributed by atoms with E-state index in [9.17, 15) is 13.6 Å². The maximum Gasteiger partial charge on any atom is 0.337 e. The van der Waals surface area contributed by atoms with Crippen molar-refractivity contribution in [3.05, 3.63) is 41.1 Å². The van der Waals surface area contributed by atoms with Gasteiger partial charge in [-0.3, -0.25) is 0 Å². The van der Waals surface area contributed by atoms with Gasteiger partial charge in [0.05, 0.1) is 11.3 Å². The summed E-state index contributed by atoms with van der Waals surface area (Å²) in [4.78, 5) is 10.8. The molecule has 1 aromatic rings. The highest BCUT2D eigenvalue weighted by molar-refractivity contribution is 5.94. The first-order valence-corrected chi connectivity index (χ1v) is 4.48. The number of anilines is 1. The van der Waals surface area contributed by atoms with Crippen LogP contribution in [0.15, 0.2) is 23.9 Å². The zero-order valence-electron chi connectivity index (χ0n) is 8.74. The molecule has 0 radical (unpaired) electrons. The largest absolute Gasteiger partial charge is 0.478 e. The van der Waals surface area contributed by atoms with Crippen LogP contribution in [0.4, 0.5) is 14.5 Å². The predicted molar refractivity (Wildman–Crippen MR) is 56.2 cm³/mol. The first kappa shape index (κ1) is 13.1. The maximum atomic E-state index is 13.0. The van der Waals surface area contributed by atoms with Crippen LogP contribution >= 0.6 is 0 Å². The van der Waals surface area contributed by atoms with Crippen LogP contribution in [0.1, 0.15) is 10.4 Å². The highest BCUT2D eigenvalue weighted by Gasteiger charge is 2.14. The third-order valence-corrected chi connectivity index (χ3v) is 1.90. The molecule has 0 saturated heterocycles. The van der Waals surface area contributed by atoms with E-state index in [2.05, 4.69) is 5.32 Å². The Morgan fingerprint density at radius 2 is 1.83 bits per heavy atom. The van der Waals surface area contributed by atoms with Crippen LogP contribution in [-0.2, 0) is 0 Å². The van der Waals surface area contributed by atoms with Crippen molar-refractivity contribution in [3.8, 4) is 12.1 Å². The molecule has 1 aromatic carbocycles. The summed E-state index contributed by atoms with van der Waals surface area (Å²) >= 11 is 0. The molecule has 0 aliphatic rings. The maximum absolute atomic E-state index is 13.0. The zero-order chi connectivity index (χ0) is 13.7. The van der Waals surface area contributed by atoms with Crippen molar-refractivity contribution in [1.82, 2.24) is 0 Å². The van der Waals surface area contributed by atoms with Gasteiger partial charge in [0.1, 0.15) is 17.7 Å². The van der Waals surface area contributed by atoms with E-state index in [-0.39, 0.29) is 11.3 Å². The van der Waals surface area contributed by atoms with Crippen LogP contribution in [0.5, 0.6) is 0 Å². The van der Waals surface area contributed by atoms with Gasteiger partial charge < -0.3 is 10.4 Å². The SMILES string of the molecule is N#CC(C#N)=CNc1cc(F)c(F)cc1C(=O)O. The Bertz CT molecular complexity index is 596. The quantitative estimate of drug-likeness (QED) is 0.798. The number of benzene rings is 1. The minimum absolute atomic E-state index is 0.260. The summed E-state index contributed by atoms with van der Waals surface area (Å²) < 4.78 is 25.8. The molecule has 0 fully saturated rings. The van der Waals surface area contributed by atoms with E-state index in [1.807, 2.05) is 0 Å². The van der Waals surface area contributed by atoms with Crippen LogP contribution in [0.2, 0.25) is 0 Å². The minimum atomic E-state index is -1.47. The Labute approximate surface area is 100 Å². The van der Waals surface area contributed by atoms with Crippen LogP contribution in [-0.4, -0.2) is 11.1 Å². The number of carbonyl (C=O) groups is 1. The Hall–Kier alpha value is -2.93. The van der Waals surface area contributed by atoms with Crippen molar-refractivity contribution in [2.24, 2.45) is 0 Å². The van der Waals surface area contributed by atoms with Gasteiger partial charge in [0.25, 0.3) is 0 Å². The first-order chi connectivity index (χ1) is 8.49. The summed E-state index contributed by atoms with van der Waals surface area (Å²) in [6, 6.07) is 4.17. The average molecular weight is 249 g/mol. The number of carboxylic acid groups (broad SMARTS) is 1. The monoisotopic (exact) mass is 249 g/mol. The molecule has 0 atom stereocenters. The number of halogens is 2. The lowest BCUT2D eigenvalue weighted by molar-refractivity contribution is 0.0697. The molecule has 90 valence electrons. The Kier molecular flexibility index (Phi) is 3.95. The van der Waals surface area contributed by atoms with Crippen molar-refractivity contribution in [2.75, 3.05) is 5.32 Å². The molecule has 0 amide bonds. The standard InChI is InChI=1S/C11H5F2N3O2/c12-8-1-7(11(17)18)10(2-9(8)13)16-5-6(3-14)4-15/h1-2,5,16H,(H,17,18). The molecule has 0 aromatic heterocycles. The smallest absolute Gasteiger partial charge is 0.337 e. The molecule has 7 heteroatoms. The molecule has 18 heavy (non-hydrogen) atoms. The number of nitriles is 2. The van der Waals surface area contributed by atoms with E-state index in [0.717, 1.165) is 6.20 Å². The number of carboxylic acids is 1. The second kappa shape index (κ2) is 5.41. The average Bonchev–Trinajstić information content (AvgIpc) is 2.34. The van der Waals surface area contributed by atoms with E-state index in [1.54, 1.807) is 0 Å². The van der Waals surface area contributed by atoms with Crippen LogP contribution in [0, 0.1) is 34.3 Å². The van der Waals surface area contributed by atoms with Gasteiger partial charge >= 0.3 is 5.97 Å². The van der Waals surface area contributed by atoms with Gasteiger partial charge in [0, 0.05) is 12.3 Å². The summed E-state index contributed by atoms with van der Waals surface area (Å²) in [5.74, 6) is -4.02. The Morgan fingerprint density at radius 1 is 1.28 bits per heavy atom. The number of hydrogen-bond donors (Lipinski definition) is 2. The number of allylic oxidation sites excluding steroid dienone is 1. The molecule has 0 saturated carbocycles. The molecular weight excluding hydrogens is 244 g/mol. The number of rotatable bonds is 3. The summed E-state index contributed by atoms with van der Waals surface area (Å²) in [6.45, 7) is 0. The zero-order valence-corrected chi connectivity index (χ0v) is 8.74. The van der Waals surface area contributed by atoms with E-state index >= 15 is 0 Å². The topological polar surface area (TPSA) is 96.9 Å². The number of hydrogen-bond acceptors (Lipinski definition) is 4. The molecular formula is C11H5F2N3O2. The van der Waals surface area contributed by atoms with E-state index in [0.29, 0.717) is 12.1 Å². The Balaban J connectivity index is 3.21. The lowest BCUT2D eigenvalue weighted by Crippen LogP contribution is -2.05. The fourth-order valence-electron chi connectivity index (χ4n) is 1.08. The van der Waals surface area contributed by atoms with Crippen molar-refractivity contribution in [2.45, 2.75) is 0 Å². The van der Waals surface area contributed by atoms with E-state index in [1.165, 1.54) is 12.1 Å². The Morgan fingerprint density at radius 3 is 2.33 bits per heavy atom. The van der Waals surface area contributed by atoms with E-state index < -0.39 is 23.2 Å². The predicted octanol–water partition coefficient (Wildman–Crippen LogP) is 2.01. The van der Waals surface area contributed by atoms with Crippen molar-refractivity contribution >= 4 is 11.7 Å². The molecule has 0 spiro atoms. The van der Waals surface area contributed by atoms with Crippen LogP contribution < -0.4 is 5.32 Å². The van der Waals surface area contributed by atoms with Gasteiger partial charge in [-0.15, -0.1) is 0 Å².